The number of fused-ring (bicyclic) bond motifs is 1. The van der Waals surface area contributed by atoms with E-state index in [4.69, 9.17) is 21.1 Å². The molecule has 3 aromatic carbocycles. The van der Waals surface area contributed by atoms with Crippen LogP contribution >= 0.6 is 11.6 Å². The van der Waals surface area contributed by atoms with Crippen molar-refractivity contribution in [2.24, 2.45) is 4.40 Å². The van der Waals surface area contributed by atoms with Gasteiger partial charge in [-0.15, -0.1) is 4.40 Å². The molecule has 1 heterocycles. The Bertz CT molecular complexity index is 1310. The quantitative estimate of drug-likeness (QED) is 0.503. The average molecular weight is 471 g/mol. The van der Waals surface area contributed by atoms with Crippen molar-refractivity contribution < 1.29 is 22.7 Å². The fourth-order valence-corrected chi connectivity index (χ4v) is 4.86. The maximum atomic E-state index is 12.6. The molecule has 0 saturated heterocycles. The van der Waals surface area contributed by atoms with E-state index in [-0.39, 0.29) is 23.9 Å². The molecule has 1 aliphatic heterocycles. The molecule has 9 heteroatoms. The molecule has 1 aliphatic rings. The lowest BCUT2D eigenvalue weighted by atomic mass is 10.1. The third kappa shape index (κ3) is 4.19. The van der Waals surface area contributed by atoms with Crippen molar-refractivity contribution in [2.75, 3.05) is 25.2 Å². The van der Waals surface area contributed by atoms with Crippen LogP contribution in [0.15, 0.2) is 82.1 Å². The summed E-state index contributed by atoms with van der Waals surface area (Å²) in [6.07, 6.45) is 0. The molecule has 0 N–H and O–H groups in total. The fourth-order valence-electron chi connectivity index (χ4n) is 3.41. The van der Waals surface area contributed by atoms with Crippen LogP contribution in [-0.2, 0) is 14.8 Å². The SMILES string of the molecule is COc1ccccc1C(=O)OCCN(C1=NS(=O)(=O)c2ccccc21)c1ccccc1Cl. The van der Waals surface area contributed by atoms with Gasteiger partial charge in [-0.05, 0) is 36.4 Å². The highest BCUT2D eigenvalue weighted by molar-refractivity contribution is 7.90. The zero-order chi connectivity index (χ0) is 22.7. The molecule has 0 fully saturated rings. The zero-order valence-electron chi connectivity index (χ0n) is 17.1. The number of carbonyl (C=O) groups excluding carboxylic acids is 1. The van der Waals surface area contributed by atoms with Gasteiger partial charge in [0.05, 0.1) is 24.4 Å². The van der Waals surface area contributed by atoms with E-state index >= 15 is 0 Å². The molecule has 4 rings (SSSR count). The summed E-state index contributed by atoms with van der Waals surface area (Å²) in [6, 6.07) is 20.3. The van der Waals surface area contributed by atoms with Crippen LogP contribution in [-0.4, -0.2) is 40.5 Å². The van der Waals surface area contributed by atoms with Gasteiger partial charge in [-0.1, -0.05) is 48.0 Å². The molecule has 32 heavy (non-hydrogen) atoms. The minimum absolute atomic E-state index is 0.0384. The second kappa shape index (κ2) is 9.02. The molecule has 0 saturated carbocycles. The molecule has 0 aliphatic carbocycles. The molecule has 0 spiro atoms. The maximum Gasteiger partial charge on any atom is 0.341 e. The van der Waals surface area contributed by atoms with Crippen molar-refractivity contribution in [3.63, 3.8) is 0 Å². The molecule has 0 unspecified atom stereocenters. The van der Waals surface area contributed by atoms with E-state index in [1.54, 1.807) is 71.6 Å². The van der Waals surface area contributed by atoms with Crippen molar-refractivity contribution >= 4 is 39.1 Å². The maximum absolute atomic E-state index is 12.6. The van der Waals surface area contributed by atoms with Crippen LogP contribution < -0.4 is 9.64 Å². The summed E-state index contributed by atoms with van der Waals surface area (Å²) in [4.78, 5) is 14.3. The number of amidine groups is 1. The minimum atomic E-state index is -3.84. The van der Waals surface area contributed by atoms with E-state index in [1.807, 2.05) is 0 Å². The summed E-state index contributed by atoms with van der Waals surface area (Å²) in [6.45, 7) is 0.0939. The van der Waals surface area contributed by atoms with Gasteiger partial charge in [-0.2, -0.15) is 8.42 Å². The van der Waals surface area contributed by atoms with Crippen LogP contribution in [0.5, 0.6) is 5.75 Å². The third-order valence-electron chi connectivity index (χ3n) is 4.89. The molecule has 0 radical (unpaired) electrons. The molecular weight excluding hydrogens is 452 g/mol. The fraction of sp³-hybridized carbons (Fsp3) is 0.130. The second-order valence-corrected chi connectivity index (χ2v) is 8.81. The van der Waals surface area contributed by atoms with Crippen LogP contribution in [0.4, 0.5) is 5.69 Å². The summed E-state index contributed by atoms with van der Waals surface area (Å²) in [5, 5.41) is 0.410. The summed E-state index contributed by atoms with van der Waals surface area (Å²) < 4.78 is 39.8. The van der Waals surface area contributed by atoms with Gasteiger partial charge >= 0.3 is 5.97 Å². The molecule has 3 aromatic rings. The number of anilines is 1. The van der Waals surface area contributed by atoms with E-state index < -0.39 is 16.0 Å². The number of halogens is 1. The third-order valence-corrected chi connectivity index (χ3v) is 6.53. The van der Waals surface area contributed by atoms with Crippen LogP contribution in [0, 0.1) is 0 Å². The number of sulfonamides is 1. The molecule has 0 aromatic heterocycles. The predicted molar refractivity (Wildman–Crippen MR) is 122 cm³/mol. The van der Waals surface area contributed by atoms with Gasteiger partial charge in [-0.25, -0.2) is 4.79 Å². The number of rotatable bonds is 6. The van der Waals surface area contributed by atoms with Crippen LogP contribution in [0.2, 0.25) is 5.02 Å². The van der Waals surface area contributed by atoms with Crippen molar-refractivity contribution in [2.45, 2.75) is 4.90 Å². The lowest BCUT2D eigenvalue weighted by molar-refractivity contribution is 0.0514. The first-order valence-corrected chi connectivity index (χ1v) is 11.5. The highest BCUT2D eigenvalue weighted by Crippen LogP contribution is 2.33. The van der Waals surface area contributed by atoms with E-state index in [0.29, 0.717) is 27.6 Å². The first-order valence-electron chi connectivity index (χ1n) is 9.69. The number of para-hydroxylation sites is 2. The average Bonchev–Trinajstić information content (AvgIpc) is 3.08. The Hall–Kier alpha value is -3.36. The molecule has 0 atom stereocenters. The number of methoxy groups -OCH3 is 1. The lowest BCUT2D eigenvalue weighted by Crippen LogP contribution is -2.34. The number of ether oxygens (including phenoxy) is 2. The number of nitrogens with zero attached hydrogens (tertiary/aromatic N) is 2. The van der Waals surface area contributed by atoms with E-state index in [0.717, 1.165) is 0 Å². The van der Waals surface area contributed by atoms with E-state index in [9.17, 15) is 13.2 Å². The number of carbonyl (C=O) groups is 1. The molecule has 7 nitrogen and oxygen atoms in total. The van der Waals surface area contributed by atoms with E-state index in [2.05, 4.69) is 4.40 Å². The summed E-state index contributed by atoms with van der Waals surface area (Å²) in [7, 11) is -2.36. The van der Waals surface area contributed by atoms with Gasteiger partial charge in [0, 0.05) is 5.56 Å². The van der Waals surface area contributed by atoms with Gasteiger partial charge in [0.2, 0.25) is 0 Å². The normalized spacial score (nSPS) is 13.8. The number of esters is 1. The number of hydrogen-bond acceptors (Lipinski definition) is 6. The minimum Gasteiger partial charge on any atom is -0.496 e. The Kier molecular flexibility index (Phi) is 6.16. The van der Waals surface area contributed by atoms with Gasteiger partial charge in [0.25, 0.3) is 10.0 Å². The van der Waals surface area contributed by atoms with Crippen molar-refractivity contribution in [1.29, 1.82) is 0 Å². The molecule has 164 valence electrons. The summed E-state index contributed by atoms with van der Waals surface area (Å²) in [5.41, 5.74) is 1.31. The Morgan fingerprint density at radius 2 is 1.69 bits per heavy atom. The Morgan fingerprint density at radius 1 is 1.00 bits per heavy atom. The highest BCUT2D eigenvalue weighted by Gasteiger charge is 2.33. The monoisotopic (exact) mass is 470 g/mol. The summed E-state index contributed by atoms with van der Waals surface area (Å²) in [5.74, 6) is 0.0747. The largest absolute Gasteiger partial charge is 0.496 e. The first-order chi connectivity index (χ1) is 15.4. The van der Waals surface area contributed by atoms with E-state index in [1.165, 1.54) is 13.2 Å². The van der Waals surface area contributed by atoms with Crippen LogP contribution in [0.3, 0.4) is 0 Å². The number of hydrogen-bond donors (Lipinski definition) is 0. The van der Waals surface area contributed by atoms with Crippen LogP contribution in [0.25, 0.3) is 0 Å². The standard InChI is InChI=1S/C23H19ClN2O5S/c1-30-20-12-6-2-8-16(20)23(27)31-15-14-26(19-11-5-4-10-18(19)24)22-17-9-3-7-13-21(17)32(28,29)25-22/h2-13H,14-15H2,1H3. The lowest BCUT2D eigenvalue weighted by Gasteiger charge is -2.25. The Morgan fingerprint density at radius 3 is 2.47 bits per heavy atom. The number of benzene rings is 3. The Labute approximate surface area is 190 Å². The van der Waals surface area contributed by atoms with Crippen molar-refractivity contribution in [3.05, 3.63) is 88.9 Å². The topological polar surface area (TPSA) is 85.3 Å². The Balaban J connectivity index is 1.63. The predicted octanol–water partition coefficient (Wildman–Crippen LogP) is 4.16. The van der Waals surface area contributed by atoms with Crippen molar-refractivity contribution in [1.82, 2.24) is 0 Å². The van der Waals surface area contributed by atoms with Gasteiger partial charge < -0.3 is 14.4 Å². The molecule has 0 amide bonds. The second-order valence-electron chi connectivity index (χ2n) is 6.83. The molecule has 0 bridgehead atoms. The van der Waals surface area contributed by atoms with Crippen LogP contribution in [0.1, 0.15) is 15.9 Å². The first kappa shape index (κ1) is 21.9. The van der Waals surface area contributed by atoms with Crippen molar-refractivity contribution in [3.8, 4) is 5.75 Å². The molecular formula is C23H19ClN2O5S. The zero-order valence-corrected chi connectivity index (χ0v) is 18.6. The van der Waals surface area contributed by atoms with Gasteiger partial charge in [0.1, 0.15) is 22.8 Å². The smallest absolute Gasteiger partial charge is 0.341 e. The summed E-state index contributed by atoms with van der Waals surface area (Å²) >= 11 is 6.40. The van der Waals surface area contributed by atoms with Gasteiger partial charge in [-0.3, -0.25) is 0 Å². The highest BCUT2D eigenvalue weighted by atomic mass is 35.5. The van der Waals surface area contributed by atoms with Gasteiger partial charge in [0.15, 0.2) is 5.84 Å².